The number of alkyl halides is 3. The highest BCUT2D eigenvalue weighted by atomic mass is 35.5. The fraction of sp³-hybridized carbons (Fsp3) is 0.143. The highest BCUT2D eigenvalue weighted by Gasteiger charge is 2.34. The van der Waals surface area contributed by atoms with Crippen molar-refractivity contribution in [1.82, 2.24) is 4.98 Å². The van der Waals surface area contributed by atoms with Crippen LogP contribution in [0.5, 0.6) is 0 Å². The number of esters is 1. The van der Waals surface area contributed by atoms with Crippen LogP contribution in [0.4, 0.5) is 13.2 Å². The number of carbonyl (C=O) groups is 1. The number of carbonyl (C=O) groups excluding carboxylic acids is 1. The molecule has 0 N–H and O–H groups in total. The van der Waals surface area contributed by atoms with Gasteiger partial charge in [0.1, 0.15) is 0 Å². The van der Waals surface area contributed by atoms with Gasteiger partial charge in [-0.2, -0.15) is 0 Å². The number of hydrogen-bond acceptors (Lipinski definition) is 3. The van der Waals surface area contributed by atoms with Crippen molar-refractivity contribution in [2.24, 2.45) is 0 Å². The molecule has 1 rings (SSSR count). The molecule has 1 aromatic rings. The van der Waals surface area contributed by atoms with Gasteiger partial charge in [-0.25, -0.2) is 4.79 Å². The van der Waals surface area contributed by atoms with Gasteiger partial charge in [0.05, 0.1) is 5.56 Å². The molecule has 0 bridgehead atoms. The summed E-state index contributed by atoms with van der Waals surface area (Å²) in [5.41, 5.74) is -0.236. The van der Waals surface area contributed by atoms with Crippen LogP contribution in [0.25, 0.3) is 0 Å². The number of ether oxygens (including phenoxy) is 1. The first-order valence-electron chi connectivity index (χ1n) is 3.19. The minimum atomic E-state index is -4.95. The maximum Gasteiger partial charge on any atom is 0.575 e. The molecule has 3 nitrogen and oxygen atoms in total. The molecule has 0 aliphatic carbocycles. The predicted molar refractivity (Wildman–Crippen MR) is 43.0 cm³/mol. The maximum atomic E-state index is 11.5. The van der Waals surface area contributed by atoms with Gasteiger partial charge in [0.25, 0.3) is 0 Å². The van der Waals surface area contributed by atoms with Crippen LogP contribution in [0.3, 0.4) is 0 Å². The van der Waals surface area contributed by atoms with Gasteiger partial charge >= 0.3 is 12.3 Å². The summed E-state index contributed by atoms with van der Waals surface area (Å²) in [5.74, 6) is -1.46. The third-order valence-corrected chi connectivity index (χ3v) is 1.11. The summed E-state index contributed by atoms with van der Waals surface area (Å²) in [4.78, 5) is 14.1. The van der Waals surface area contributed by atoms with E-state index in [1.807, 2.05) is 0 Å². The van der Waals surface area contributed by atoms with Crippen molar-refractivity contribution in [3.63, 3.8) is 0 Å². The van der Waals surface area contributed by atoms with E-state index in [0.29, 0.717) is 0 Å². The molecule has 1 heterocycles. The fourth-order valence-electron chi connectivity index (χ4n) is 0.648. The Kier molecular flexibility index (Phi) is 4.36. The Bertz CT molecular complexity index is 302. The molecule has 0 atom stereocenters. The first-order valence-corrected chi connectivity index (χ1v) is 3.19. The van der Waals surface area contributed by atoms with Gasteiger partial charge in [0.15, 0.2) is 0 Å². The van der Waals surface area contributed by atoms with Gasteiger partial charge in [-0.3, -0.25) is 4.98 Å². The first-order chi connectivity index (χ1) is 5.99. The molecular weight excluding hydrogens is 223 g/mol. The molecule has 0 saturated heterocycles. The Hall–Kier alpha value is -1.30. The standard InChI is InChI=1S/C7H4F3NO2.ClH/c8-7(9,10)13-6(12)5-2-1-3-11-4-5;/h1-4H;1H. The Labute approximate surface area is 83.3 Å². The average Bonchev–Trinajstić information content (AvgIpc) is 2.03. The van der Waals surface area contributed by atoms with E-state index in [9.17, 15) is 18.0 Å². The van der Waals surface area contributed by atoms with E-state index in [0.717, 1.165) is 6.20 Å². The highest BCUT2D eigenvalue weighted by Crippen LogP contribution is 2.18. The van der Waals surface area contributed by atoms with E-state index in [1.54, 1.807) is 0 Å². The van der Waals surface area contributed by atoms with Crippen LogP contribution in [0, 0.1) is 0 Å². The maximum absolute atomic E-state index is 11.5. The zero-order valence-corrected chi connectivity index (χ0v) is 7.43. The Morgan fingerprint density at radius 2 is 2.07 bits per heavy atom. The van der Waals surface area contributed by atoms with E-state index >= 15 is 0 Å². The van der Waals surface area contributed by atoms with Crippen LogP contribution in [0.15, 0.2) is 24.5 Å². The van der Waals surface area contributed by atoms with E-state index in [2.05, 4.69) is 9.72 Å². The summed E-state index contributed by atoms with van der Waals surface area (Å²) in [7, 11) is 0. The fourth-order valence-corrected chi connectivity index (χ4v) is 0.648. The van der Waals surface area contributed by atoms with Crippen molar-refractivity contribution in [3.05, 3.63) is 30.1 Å². The molecule has 0 unspecified atom stereocenters. The number of aromatic nitrogens is 1. The number of nitrogens with zero attached hydrogens (tertiary/aromatic N) is 1. The topological polar surface area (TPSA) is 39.2 Å². The molecule has 0 aromatic carbocycles. The van der Waals surface area contributed by atoms with E-state index in [-0.39, 0.29) is 18.0 Å². The summed E-state index contributed by atoms with van der Waals surface area (Å²) < 4.78 is 37.7. The van der Waals surface area contributed by atoms with Crippen LogP contribution in [-0.4, -0.2) is 17.3 Å². The summed E-state index contributed by atoms with van der Waals surface area (Å²) in [6, 6.07) is 2.52. The second kappa shape index (κ2) is 4.80. The monoisotopic (exact) mass is 227 g/mol. The molecule has 0 radical (unpaired) electrons. The van der Waals surface area contributed by atoms with Crippen molar-refractivity contribution >= 4 is 18.4 Å². The van der Waals surface area contributed by atoms with Crippen LogP contribution >= 0.6 is 12.4 Å². The van der Waals surface area contributed by atoms with Crippen LogP contribution in [0.1, 0.15) is 10.4 Å². The summed E-state index contributed by atoms with van der Waals surface area (Å²) >= 11 is 0. The summed E-state index contributed by atoms with van der Waals surface area (Å²) in [6.45, 7) is 0. The molecule has 0 saturated carbocycles. The van der Waals surface area contributed by atoms with Gasteiger partial charge in [-0.15, -0.1) is 25.6 Å². The van der Waals surface area contributed by atoms with E-state index in [1.165, 1.54) is 18.3 Å². The number of halogens is 4. The van der Waals surface area contributed by atoms with Gasteiger partial charge in [-0.05, 0) is 12.1 Å². The third-order valence-electron chi connectivity index (χ3n) is 1.11. The first kappa shape index (κ1) is 12.7. The van der Waals surface area contributed by atoms with Gasteiger partial charge < -0.3 is 4.74 Å². The summed E-state index contributed by atoms with van der Waals surface area (Å²) in [5, 5.41) is 0. The number of rotatable bonds is 1. The SMILES string of the molecule is Cl.O=C(OC(F)(F)F)c1cccnc1. The number of hydrogen-bond donors (Lipinski definition) is 0. The lowest BCUT2D eigenvalue weighted by molar-refractivity contribution is -0.291. The lowest BCUT2D eigenvalue weighted by atomic mass is 10.3. The van der Waals surface area contributed by atoms with Crippen molar-refractivity contribution in [2.45, 2.75) is 6.36 Å². The van der Waals surface area contributed by atoms with E-state index < -0.39 is 12.3 Å². The Morgan fingerprint density at radius 1 is 1.43 bits per heavy atom. The minimum Gasteiger partial charge on any atom is -0.369 e. The van der Waals surface area contributed by atoms with Crippen LogP contribution in [-0.2, 0) is 4.74 Å². The second-order valence-electron chi connectivity index (χ2n) is 2.08. The smallest absolute Gasteiger partial charge is 0.369 e. The molecule has 0 fully saturated rings. The highest BCUT2D eigenvalue weighted by molar-refractivity contribution is 5.89. The zero-order valence-electron chi connectivity index (χ0n) is 6.62. The van der Waals surface area contributed by atoms with Crippen LogP contribution in [0.2, 0.25) is 0 Å². The Balaban J connectivity index is 0.00000169. The zero-order chi connectivity index (χ0) is 9.90. The molecule has 14 heavy (non-hydrogen) atoms. The molecule has 0 spiro atoms. The average molecular weight is 228 g/mol. The van der Waals surface area contributed by atoms with Crippen molar-refractivity contribution in [2.75, 3.05) is 0 Å². The van der Waals surface area contributed by atoms with Crippen LogP contribution < -0.4 is 0 Å². The minimum absolute atomic E-state index is 0. The largest absolute Gasteiger partial charge is 0.575 e. The summed E-state index contributed by atoms with van der Waals surface area (Å²) in [6.07, 6.45) is -2.62. The molecule has 0 aliphatic heterocycles. The van der Waals surface area contributed by atoms with Crippen molar-refractivity contribution in [1.29, 1.82) is 0 Å². The lowest BCUT2D eigenvalue weighted by Gasteiger charge is -2.05. The van der Waals surface area contributed by atoms with Crippen molar-refractivity contribution in [3.8, 4) is 0 Å². The normalized spacial score (nSPS) is 10.2. The second-order valence-corrected chi connectivity index (χ2v) is 2.08. The predicted octanol–water partition coefficient (Wildman–Crippen LogP) is 2.18. The van der Waals surface area contributed by atoms with E-state index in [4.69, 9.17) is 0 Å². The molecule has 1 aromatic heterocycles. The molecule has 0 amide bonds. The quantitative estimate of drug-likeness (QED) is 0.691. The van der Waals surface area contributed by atoms with Gasteiger partial charge in [0.2, 0.25) is 0 Å². The molecular formula is C7H5ClF3NO2. The lowest BCUT2D eigenvalue weighted by Crippen LogP contribution is -2.19. The molecule has 7 heteroatoms. The number of pyridine rings is 1. The van der Waals surface area contributed by atoms with Gasteiger partial charge in [0, 0.05) is 12.4 Å². The third kappa shape index (κ3) is 4.08. The molecule has 0 aliphatic rings. The Morgan fingerprint density at radius 3 is 2.50 bits per heavy atom. The molecule has 78 valence electrons. The van der Waals surface area contributed by atoms with Crippen molar-refractivity contribution < 1.29 is 22.7 Å². The van der Waals surface area contributed by atoms with Gasteiger partial charge in [-0.1, -0.05) is 0 Å².